The van der Waals surface area contributed by atoms with Gasteiger partial charge in [0, 0.05) is 24.6 Å². The monoisotopic (exact) mass is 378 g/mol. The number of nitrogens with zero attached hydrogens (tertiary/aromatic N) is 1. The average molecular weight is 378 g/mol. The maximum Gasteiger partial charge on any atom is 0.265 e. The van der Waals surface area contributed by atoms with E-state index in [0.29, 0.717) is 28.5 Å². The van der Waals surface area contributed by atoms with Gasteiger partial charge in [0.2, 0.25) is 0 Å². The predicted molar refractivity (Wildman–Crippen MR) is 103 cm³/mol. The lowest BCUT2D eigenvalue weighted by Crippen LogP contribution is -2.40. The Morgan fingerprint density at radius 2 is 1.89 bits per heavy atom. The summed E-state index contributed by atoms with van der Waals surface area (Å²) in [7, 11) is 0. The number of amides is 1. The summed E-state index contributed by atoms with van der Waals surface area (Å²) in [4.78, 5) is 12.5. The predicted octanol–water partition coefficient (Wildman–Crippen LogP) is 4.40. The maximum absolute atomic E-state index is 12.5. The Balaban J connectivity index is 1.42. The van der Waals surface area contributed by atoms with Crippen LogP contribution in [0.1, 0.15) is 44.6 Å². The van der Waals surface area contributed by atoms with E-state index < -0.39 is 11.9 Å². The van der Waals surface area contributed by atoms with Crippen LogP contribution in [0.4, 0.5) is 5.69 Å². The highest BCUT2D eigenvalue weighted by molar-refractivity contribution is 5.94. The molecule has 6 nitrogen and oxygen atoms in total. The number of para-hydroxylation sites is 1. The van der Waals surface area contributed by atoms with Gasteiger partial charge in [0.25, 0.3) is 11.7 Å². The highest BCUT2D eigenvalue weighted by Crippen LogP contribution is 2.46. The summed E-state index contributed by atoms with van der Waals surface area (Å²) in [6.45, 7) is 1.65. The van der Waals surface area contributed by atoms with E-state index in [1.807, 2.05) is 6.07 Å². The molecule has 1 amide bonds. The number of ether oxygens (including phenoxy) is 3. The number of anilines is 1. The topological polar surface area (TPSA) is 80.6 Å². The molecule has 4 rings (SSSR count). The molecule has 1 atom stereocenters. The van der Waals surface area contributed by atoms with Gasteiger partial charge in [-0.1, -0.05) is 18.6 Å². The van der Waals surface area contributed by atoms with Gasteiger partial charge in [0.05, 0.1) is 5.56 Å². The van der Waals surface area contributed by atoms with Crippen molar-refractivity contribution in [3.05, 3.63) is 48.0 Å². The normalized spacial score (nSPS) is 17.6. The first-order valence-corrected chi connectivity index (χ1v) is 9.57. The minimum absolute atomic E-state index is 0.306. The Kier molecular flexibility index (Phi) is 4.82. The van der Waals surface area contributed by atoms with Crippen molar-refractivity contribution in [2.45, 2.75) is 50.9 Å². The van der Waals surface area contributed by atoms with Crippen molar-refractivity contribution >= 4 is 11.6 Å². The summed E-state index contributed by atoms with van der Waals surface area (Å²) in [6.07, 6.45) is 4.40. The van der Waals surface area contributed by atoms with E-state index >= 15 is 0 Å². The third kappa shape index (κ3) is 3.61. The molecule has 1 N–H and O–H groups in total. The molecule has 1 aliphatic heterocycles. The molecular formula is C22H22N2O4. The lowest BCUT2D eigenvalue weighted by atomic mass is 9.94. The Hall–Kier alpha value is -3.20. The lowest BCUT2D eigenvalue weighted by molar-refractivity contribution is -0.122. The van der Waals surface area contributed by atoms with E-state index in [4.69, 9.17) is 19.5 Å². The molecule has 1 spiro atoms. The number of rotatable bonds is 4. The summed E-state index contributed by atoms with van der Waals surface area (Å²) in [6, 6.07) is 14.3. The summed E-state index contributed by atoms with van der Waals surface area (Å²) < 4.78 is 17.8. The van der Waals surface area contributed by atoms with Gasteiger partial charge < -0.3 is 19.5 Å². The molecule has 2 aromatic rings. The van der Waals surface area contributed by atoms with E-state index in [-0.39, 0.29) is 5.91 Å². The van der Waals surface area contributed by atoms with Gasteiger partial charge in [-0.2, -0.15) is 5.26 Å². The molecule has 1 unspecified atom stereocenters. The van der Waals surface area contributed by atoms with Crippen molar-refractivity contribution < 1.29 is 19.0 Å². The first-order chi connectivity index (χ1) is 13.6. The Morgan fingerprint density at radius 1 is 1.14 bits per heavy atom. The summed E-state index contributed by atoms with van der Waals surface area (Å²) >= 11 is 0. The fraction of sp³-hybridized carbons (Fsp3) is 0.364. The number of carbonyl (C=O) groups excluding carboxylic acids is 1. The van der Waals surface area contributed by atoms with Crippen LogP contribution in [0.5, 0.6) is 17.2 Å². The number of hydrogen-bond acceptors (Lipinski definition) is 5. The highest BCUT2D eigenvalue weighted by atomic mass is 16.7. The number of fused-ring (bicyclic) bond motifs is 1. The van der Waals surface area contributed by atoms with Crippen LogP contribution in [0, 0.1) is 11.3 Å². The number of nitrogens with one attached hydrogen (secondary N) is 1. The number of nitriles is 1. The fourth-order valence-electron chi connectivity index (χ4n) is 3.62. The minimum Gasteiger partial charge on any atom is -0.480 e. The van der Waals surface area contributed by atoms with Gasteiger partial charge in [0.15, 0.2) is 17.6 Å². The zero-order valence-corrected chi connectivity index (χ0v) is 15.7. The fourth-order valence-corrected chi connectivity index (χ4v) is 3.62. The van der Waals surface area contributed by atoms with Gasteiger partial charge in [-0.15, -0.1) is 0 Å². The van der Waals surface area contributed by atoms with Crippen LogP contribution in [0.2, 0.25) is 0 Å². The smallest absolute Gasteiger partial charge is 0.265 e. The SMILES string of the molecule is CC(Oc1ccccc1C#N)C(=O)Nc1ccc2c(c1)OC1(CCCCC1)O2. The van der Waals surface area contributed by atoms with Gasteiger partial charge in [-0.25, -0.2) is 0 Å². The molecule has 28 heavy (non-hydrogen) atoms. The third-order valence-corrected chi connectivity index (χ3v) is 5.10. The van der Waals surface area contributed by atoms with Crippen molar-refractivity contribution in [3.8, 4) is 23.3 Å². The number of benzene rings is 2. The summed E-state index contributed by atoms with van der Waals surface area (Å²) in [5.41, 5.74) is 1.01. The molecule has 6 heteroatoms. The molecule has 2 aliphatic rings. The van der Waals surface area contributed by atoms with Gasteiger partial charge >= 0.3 is 0 Å². The Labute approximate surface area is 164 Å². The Morgan fingerprint density at radius 3 is 2.68 bits per heavy atom. The van der Waals surface area contributed by atoms with Crippen molar-refractivity contribution in [2.75, 3.05) is 5.32 Å². The lowest BCUT2D eigenvalue weighted by Gasteiger charge is -2.31. The van der Waals surface area contributed by atoms with Crippen LogP contribution in [-0.2, 0) is 4.79 Å². The van der Waals surface area contributed by atoms with Gasteiger partial charge in [-0.05, 0) is 44.0 Å². The third-order valence-electron chi connectivity index (χ3n) is 5.10. The molecule has 2 aromatic carbocycles. The van der Waals surface area contributed by atoms with E-state index in [1.54, 1.807) is 43.3 Å². The number of hydrogen-bond donors (Lipinski definition) is 1. The molecule has 144 valence electrons. The van der Waals surface area contributed by atoms with Crippen molar-refractivity contribution in [3.63, 3.8) is 0 Å². The first kappa shape index (κ1) is 18.2. The van der Waals surface area contributed by atoms with Gasteiger partial charge in [0.1, 0.15) is 11.8 Å². The summed E-state index contributed by atoms with van der Waals surface area (Å²) in [5, 5.41) is 12.0. The van der Waals surface area contributed by atoms with Crippen LogP contribution in [0.15, 0.2) is 42.5 Å². The van der Waals surface area contributed by atoms with Gasteiger partial charge in [-0.3, -0.25) is 4.79 Å². The maximum atomic E-state index is 12.5. The zero-order chi connectivity index (χ0) is 19.6. The van der Waals surface area contributed by atoms with Crippen LogP contribution in [0.3, 0.4) is 0 Å². The Bertz CT molecular complexity index is 928. The minimum atomic E-state index is -0.760. The molecular weight excluding hydrogens is 356 g/mol. The molecule has 1 saturated carbocycles. The van der Waals surface area contributed by atoms with Crippen LogP contribution < -0.4 is 19.5 Å². The molecule has 0 aromatic heterocycles. The second-order valence-electron chi connectivity index (χ2n) is 7.19. The standard InChI is InChI=1S/C22H22N2O4/c1-15(26-18-8-4-3-7-16(18)14-23)21(25)24-17-9-10-19-20(13-17)28-22(27-19)11-5-2-6-12-22/h3-4,7-10,13,15H,2,5-6,11-12H2,1H3,(H,24,25). The van der Waals surface area contributed by atoms with E-state index in [1.165, 1.54) is 6.42 Å². The quantitative estimate of drug-likeness (QED) is 0.853. The van der Waals surface area contributed by atoms with Crippen molar-refractivity contribution in [1.82, 2.24) is 0 Å². The molecule has 0 saturated heterocycles. The summed E-state index contributed by atoms with van der Waals surface area (Å²) in [5.74, 6) is 0.910. The second kappa shape index (κ2) is 7.43. The second-order valence-corrected chi connectivity index (χ2v) is 7.19. The molecule has 1 aliphatic carbocycles. The zero-order valence-electron chi connectivity index (χ0n) is 15.7. The average Bonchev–Trinajstić information content (AvgIpc) is 3.05. The molecule has 1 fully saturated rings. The first-order valence-electron chi connectivity index (χ1n) is 9.57. The van der Waals surface area contributed by atoms with E-state index in [2.05, 4.69) is 11.4 Å². The highest BCUT2D eigenvalue weighted by Gasteiger charge is 2.42. The molecule has 0 bridgehead atoms. The molecule has 1 heterocycles. The van der Waals surface area contributed by atoms with E-state index in [0.717, 1.165) is 25.7 Å². The van der Waals surface area contributed by atoms with Crippen molar-refractivity contribution in [2.24, 2.45) is 0 Å². The van der Waals surface area contributed by atoms with Crippen LogP contribution >= 0.6 is 0 Å². The van der Waals surface area contributed by atoms with E-state index in [9.17, 15) is 4.79 Å². The van der Waals surface area contributed by atoms with Crippen LogP contribution in [-0.4, -0.2) is 17.8 Å². The van der Waals surface area contributed by atoms with Crippen molar-refractivity contribution in [1.29, 1.82) is 5.26 Å². The largest absolute Gasteiger partial charge is 0.480 e. The molecule has 0 radical (unpaired) electrons. The van der Waals surface area contributed by atoms with Crippen LogP contribution in [0.25, 0.3) is 0 Å². The number of carbonyl (C=O) groups is 1.